The first-order chi connectivity index (χ1) is 12.9. The molecule has 1 heterocycles. The largest absolute Gasteiger partial charge is 0.497 e. The average molecular weight is 392 g/mol. The van der Waals surface area contributed by atoms with E-state index in [4.69, 9.17) is 4.74 Å². The lowest BCUT2D eigenvalue weighted by Gasteiger charge is -2.13. The number of nitrogens with one attached hydrogen (secondary N) is 2. The Morgan fingerprint density at radius 1 is 1.26 bits per heavy atom. The highest BCUT2D eigenvalue weighted by molar-refractivity contribution is 7.99. The average Bonchev–Trinajstić information content (AvgIpc) is 3.01. The van der Waals surface area contributed by atoms with Crippen molar-refractivity contribution in [3.05, 3.63) is 36.2 Å². The summed E-state index contributed by atoms with van der Waals surface area (Å²) in [6, 6.07) is 7.04. The third kappa shape index (κ3) is 6.30. The molecule has 1 aromatic heterocycles. The topological polar surface area (TPSA) is 105 Å². The van der Waals surface area contributed by atoms with Crippen molar-refractivity contribution in [3.8, 4) is 5.75 Å². The summed E-state index contributed by atoms with van der Waals surface area (Å²) in [5.74, 6) is 0.458. The van der Waals surface area contributed by atoms with E-state index in [1.54, 1.807) is 35.9 Å². The van der Waals surface area contributed by atoms with Crippen LogP contribution < -0.4 is 15.4 Å². The molecule has 0 radical (unpaired) electrons. The van der Waals surface area contributed by atoms with Gasteiger partial charge >= 0.3 is 0 Å². The molecule has 1 aromatic carbocycles. The maximum absolute atomic E-state index is 12.2. The van der Waals surface area contributed by atoms with Crippen LogP contribution in [-0.4, -0.2) is 45.4 Å². The fourth-order valence-electron chi connectivity index (χ4n) is 2.32. The second kappa shape index (κ2) is 9.98. The summed E-state index contributed by atoms with van der Waals surface area (Å²) in [6.45, 7) is 3.55. The monoisotopic (exact) mass is 392 g/mol. The molecular weight excluding hydrogens is 368 g/mol. The minimum absolute atomic E-state index is 0.0185. The number of rotatable bonds is 9. The highest BCUT2D eigenvalue weighted by atomic mass is 32.2. The van der Waals surface area contributed by atoms with Gasteiger partial charge in [0, 0.05) is 11.7 Å². The molecule has 2 rings (SSSR count). The van der Waals surface area contributed by atoms with E-state index in [1.807, 2.05) is 13.8 Å². The number of hydrogen-bond donors (Lipinski definition) is 3. The first-order valence-electron chi connectivity index (χ1n) is 8.44. The zero-order valence-electron chi connectivity index (χ0n) is 15.6. The van der Waals surface area contributed by atoms with Crippen molar-refractivity contribution in [1.29, 1.82) is 0 Å². The molecule has 3 N–H and O–H groups in total. The second-order valence-electron chi connectivity index (χ2n) is 6.06. The molecule has 0 unspecified atom stereocenters. The standard InChI is InChI=1S/C18H24N4O4S/c1-12(2)20-16(24)9-22-14(10-23)8-19-18(22)27-11-17(25)21-13-4-6-15(26-3)7-5-13/h4-8,12,23H,9-11H2,1-3H3,(H,20,24)(H,21,25). The van der Waals surface area contributed by atoms with Crippen LogP contribution in [0.1, 0.15) is 19.5 Å². The summed E-state index contributed by atoms with van der Waals surface area (Å²) < 4.78 is 6.69. The van der Waals surface area contributed by atoms with Crippen molar-refractivity contribution in [2.24, 2.45) is 0 Å². The Labute approximate surface area is 162 Å². The molecule has 0 bridgehead atoms. The Bertz CT molecular complexity index is 774. The van der Waals surface area contributed by atoms with Gasteiger partial charge in [-0.05, 0) is 38.1 Å². The Hall–Kier alpha value is -2.52. The highest BCUT2D eigenvalue weighted by Crippen LogP contribution is 2.20. The SMILES string of the molecule is COc1ccc(NC(=O)CSc2ncc(CO)n2CC(=O)NC(C)C)cc1. The molecule has 8 nitrogen and oxygen atoms in total. The number of carbonyl (C=O) groups excluding carboxylic acids is 2. The van der Waals surface area contributed by atoms with Crippen LogP contribution >= 0.6 is 11.8 Å². The van der Waals surface area contributed by atoms with Crippen molar-refractivity contribution in [2.75, 3.05) is 18.2 Å². The van der Waals surface area contributed by atoms with Gasteiger partial charge in [-0.15, -0.1) is 0 Å². The van der Waals surface area contributed by atoms with Gasteiger partial charge in [-0.3, -0.25) is 9.59 Å². The molecular formula is C18H24N4O4S. The number of anilines is 1. The van der Waals surface area contributed by atoms with E-state index in [0.29, 0.717) is 22.3 Å². The molecule has 9 heteroatoms. The Morgan fingerprint density at radius 3 is 2.56 bits per heavy atom. The quantitative estimate of drug-likeness (QED) is 0.560. The van der Waals surface area contributed by atoms with Crippen molar-refractivity contribution < 1.29 is 19.4 Å². The van der Waals surface area contributed by atoms with Crippen LogP contribution in [0.4, 0.5) is 5.69 Å². The smallest absolute Gasteiger partial charge is 0.240 e. The van der Waals surface area contributed by atoms with E-state index in [2.05, 4.69) is 15.6 Å². The molecule has 0 saturated heterocycles. The van der Waals surface area contributed by atoms with Crippen LogP contribution in [0.15, 0.2) is 35.6 Å². The molecule has 0 atom stereocenters. The molecule has 0 aliphatic rings. The number of thioether (sulfide) groups is 1. The lowest BCUT2D eigenvalue weighted by atomic mass is 10.3. The van der Waals surface area contributed by atoms with Crippen LogP contribution in [-0.2, 0) is 22.7 Å². The van der Waals surface area contributed by atoms with Crippen molar-refractivity contribution in [2.45, 2.75) is 38.2 Å². The third-order valence-electron chi connectivity index (χ3n) is 3.52. The lowest BCUT2D eigenvalue weighted by Crippen LogP contribution is -2.33. The summed E-state index contributed by atoms with van der Waals surface area (Å²) in [5.41, 5.74) is 1.18. The Morgan fingerprint density at radius 2 is 1.96 bits per heavy atom. The van der Waals surface area contributed by atoms with Gasteiger partial charge in [0.05, 0.1) is 31.4 Å². The summed E-state index contributed by atoms with van der Waals surface area (Å²) in [7, 11) is 1.58. The molecule has 0 spiro atoms. The van der Waals surface area contributed by atoms with Gasteiger partial charge in [-0.1, -0.05) is 11.8 Å². The van der Waals surface area contributed by atoms with Gasteiger partial charge in [0.15, 0.2) is 5.16 Å². The number of carbonyl (C=O) groups is 2. The van der Waals surface area contributed by atoms with Crippen molar-refractivity contribution >= 4 is 29.3 Å². The molecule has 0 aliphatic carbocycles. The number of aliphatic hydroxyl groups excluding tert-OH is 1. The van der Waals surface area contributed by atoms with E-state index in [1.165, 1.54) is 18.0 Å². The van der Waals surface area contributed by atoms with Crippen LogP contribution in [0.2, 0.25) is 0 Å². The fraction of sp³-hybridized carbons (Fsp3) is 0.389. The first kappa shape index (κ1) is 20.8. The number of hydrogen-bond acceptors (Lipinski definition) is 6. The highest BCUT2D eigenvalue weighted by Gasteiger charge is 2.15. The van der Waals surface area contributed by atoms with Crippen LogP contribution in [0.25, 0.3) is 0 Å². The molecule has 2 amide bonds. The molecule has 2 aromatic rings. The summed E-state index contributed by atoms with van der Waals surface area (Å²) in [4.78, 5) is 28.4. The summed E-state index contributed by atoms with van der Waals surface area (Å²) in [5, 5.41) is 15.5. The lowest BCUT2D eigenvalue weighted by molar-refractivity contribution is -0.122. The normalized spacial score (nSPS) is 10.7. The first-order valence-corrected chi connectivity index (χ1v) is 9.42. The van der Waals surface area contributed by atoms with Gasteiger partial charge in [0.2, 0.25) is 11.8 Å². The number of benzene rings is 1. The van der Waals surface area contributed by atoms with E-state index in [9.17, 15) is 14.7 Å². The van der Waals surface area contributed by atoms with Crippen LogP contribution in [0.3, 0.4) is 0 Å². The number of nitrogens with zero attached hydrogens (tertiary/aromatic N) is 2. The predicted octanol–water partition coefficient (Wildman–Crippen LogP) is 1.64. The zero-order chi connectivity index (χ0) is 19.8. The van der Waals surface area contributed by atoms with E-state index < -0.39 is 0 Å². The predicted molar refractivity (Wildman–Crippen MR) is 104 cm³/mol. The number of amides is 2. The third-order valence-corrected chi connectivity index (χ3v) is 4.51. The van der Waals surface area contributed by atoms with Crippen molar-refractivity contribution in [1.82, 2.24) is 14.9 Å². The van der Waals surface area contributed by atoms with Gasteiger partial charge in [-0.25, -0.2) is 4.98 Å². The van der Waals surface area contributed by atoms with E-state index in [-0.39, 0.29) is 36.8 Å². The van der Waals surface area contributed by atoms with Gasteiger partial charge < -0.3 is 25.0 Å². The number of ether oxygens (including phenoxy) is 1. The minimum atomic E-state index is -0.236. The van der Waals surface area contributed by atoms with Crippen molar-refractivity contribution in [3.63, 3.8) is 0 Å². The zero-order valence-corrected chi connectivity index (χ0v) is 16.4. The van der Waals surface area contributed by atoms with Gasteiger partial charge in [0.1, 0.15) is 12.3 Å². The molecule has 0 saturated carbocycles. The number of methoxy groups -OCH3 is 1. The maximum Gasteiger partial charge on any atom is 0.240 e. The second-order valence-corrected chi connectivity index (χ2v) is 7.01. The number of aliphatic hydroxyl groups is 1. The van der Waals surface area contributed by atoms with Gasteiger partial charge in [-0.2, -0.15) is 0 Å². The summed E-state index contributed by atoms with van der Waals surface area (Å²) in [6.07, 6.45) is 1.51. The van der Waals surface area contributed by atoms with E-state index >= 15 is 0 Å². The van der Waals surface area contributed by atoms with Gasteiger partial charge in [0.25, 0.3) is 0 Å². The van der Waals surface area contributed by atoms with E-state index in [0.717, 1.165) is 0 Å². The van der Waals surface area contributed by atoms with Crippen LogP contribution in [0.5, 0.6) is 5.75 Å². The Balaban J connectivity index is 1.96. The molecule has 0 aliphatic heterocycles. The molecule has 0 fully saturated rings. The number of imidazole rings is 1. The Kier molecular flexibility index (Phi) is 7.68. The number of aromatic nitrogens is 2. The van der Waals surface area contributed by atoms with Crippen LogP contribution in [0, 0.1) is 0 Å². The minimum Gasteiger partial charge on any atom is -0.497 e. The maximum atomic E-state index is 12.2. The summed E-state index contributed by atoms with van der Waals surface area (Å²) >= 11 is 1.20. The fourth-order valence-corrected chi connectivity index (χ4v) is 3.11. The molecule has 27 heavy (non-hydrogen) atoms. The molecule has 146 valence electrons.